The molecule has 0 atom stereocenters. The van der Waals surface area contributed by atoms with E-state index in [1.807, 2.05) is 0 Å². The Morgan fingerprint density at radius 1 is 1.25 bits per heavy atom. The van der Waals surface area contributed by atoms with Crippen molar-refractivity contribution in [2.24, 2.45) is 5.73 Å². The largest absolute Gasteiger partial charge is 0.320 e. The van der Waals surface area contributed by atoms with Gasteiger partial charge in [-0.05, 0) is 30.3 Å². The third kappa shape index (κ3) is 3.54. The molecule has 0 amide bonds. The quantitative estimate of drug-likeness (QED) is 0.805. The predicted molar refractivity (Wildman–Crippen MR) is 75.2 cm³/mol. The summed E-state index contributed by atoms with van der Waals surface area (Å²) in [6.45, 7) is 0.217. The van der Waals surface area contributed by atoms with Crippen molar-refractivity contribution in [3.05, 3.63) is 48.2 Å². The third-order valence-corrected chi connectivity index (χ3v) is 3.64. The lowest BCUT2D eigenvalue weighted by Gasteiger charge is -2.06. The van der Waals surface area contributed by atoms with Gasteiger partial charge in [0.05, 0.1) is 11.4 Å². The Bertz CT molecular complexity index is 749. The fourth-order valence-electron chi connectivity index (χ4n) is 1.45. The van der Waals surface area contributed by atoms with Crippen LogP contribution in [0.3, 0.4) is 0 Å². The first-order chi connectivity index (χ1) is 9.62. The first-order valence-electron chi connectivity index (χ1n) is 5.71. The summed E-state index contributed by atoms with van der Waals surface area (Å²) in [7, 11) is -3.71. The Kier molecular flexibility index (Phi) is 4.30. The summed E-state index contributed by atoms with van der Waals surface area (Å²) < 4.78 is 26.7. The zero-order valence-electron chi connectivity index (χ0n) is 10.4. The van der Waals surface area contributed by atoms with Crippen LogP contribution in [0, 0.1) is 11.8 Å². The molecule has 0 saturated heterocycles. The summed E-state index contributed by atoms with van der Waals surface area (Å²) in [6.07, 6.45) is 1.46. The number of nitrogens with zero attached hydrogens (tertiary/aromatic N) is 2. The van der Waals surface area contributed by atoms with Gasteiger partial charge in [-0.15, -0.1) is 5.10 Å². The van der Waals surface area contributed by atoms with Gasteiger partial charge in [-0.25, -0.2) is 8.42 Å². The van der Waals surface area contributed by atoms with E-state index in [1.54, 1.807) is 18.2 Å². The van der Waals surface area contributed by atoms with E-state index in [4.69, 9.17) is 5.73 Å². The van der Waals surface area contributed by atoms with Gasteiger partial charge in [-0.3, -0.25) is 4.72 Å². The molecule has 0 radical (unpaired) electrons. The Labute approximate surface area is 117 Å². The van der Waals surface area contributed by atoms with Crippen LogP contribution in [-0.4, -0.2) is 25.2 Å². The fourth-order valence-corrected chi connectivity index (χ4v) is 2.49. The lowest BCUT2D eigenvalue weighted by atomic mass is 10.2. The summed E-state index contributed by atoms with van der Waals surface area (Å²) in [5, 5.41) is 7.28. The standard InChI is InChI=1S/C13H12N4O2S/c14-8-2-5-11-4-1-6-12(10-11)20(18,19)17-13-7-3-9-15-16-13/h1,3-4,6-7,9-10H,8,14H2,(H,16,17). The second-order valence-electron chi connectivity index (χ2n) is 3.75. The molecule has 20 heavy (non-hydrogen) atoms. The zero-order chi connectivity index (χ0) is 14.4. The van der Waals surface area contributed by atoms with Crippen molar-refractivity contribution in [3.8, 4) is 11.8 Å². The molecule has 0 spiro atoms. The van der Waals surface area contributed by atoms with Gasteiger partial charge in [-0.2, -0.15) is 5.10 Å². The number of sulfonamides is 1. The second-order valence-corrected chi connectivity index (χ2v) is 5.43. The van der Waals surface area contributed by atoms with Crippen LogP contribution >= 0.6 is 0 Å². The first kappa shape index (κ1) is 14.0. The highest BCUT2D eigenvalue weighted by Crippen LogP contribution is 2.14. The summed E-state index contributed by atoms with van der Waals surface area (Å²) in [4.78, 5) is 0.104. The van der Waals surface area contributed by atoms with E-state index in [1.165, 1.54) is 24.4 Å². The van der Waals surface area contributed by atoms with Gasteiger partial charge in [0, 0.05) is 11.8 Å². The molecule has 2 rings (SSSR count). The average molecular weight is 288 g/mol. The lowest BCUT2D eigenvalue weighted by Crippen LogP contribution is -2.14. The van der Waals surface area contributed by atoms with Gasteiger partial charge in [0.2, 0.25) is 0 Å². The SMILES string of the molecule is NCC#Cc1cccc(S(=O)(=O)Nc2cccnn2)c1. The Morgan fingerprint density at radius 3 is 2.80 bits per heavy atom. The molecule has 3 N–H and O–H groups in total. The highest BCUT2D eigenvalue weighted by Gasteiger charge is 2.14. The van der Waals surface area contributed by atoms with Gasteiger partial charge in [0.15, 0.2) is 5.82 Å². The molecule has 2 aromatic rings. The summed E-state index contributed by atoms with van der Waals surface area (Å²) >= 11 is 0. The normalized spacial score (nSPS) is 10.4. The Morgan fingerprint density at radius 2 is 2.10 bits per heavy atom. The smallest absolute Gasteiger partial charge is 0.263 e. The number of anilines is 1. The van der Waals surface area contributed by atoms with Crippen molar-refractivity contribution in [1.82, 2.24) is 10.2 Å². The Hall–Kier alpha value is -2.43. The van der Waals surface area contributed by atoms with Crippen LogP contribution in [-0.2, 0) is 10.0 Å². The molecule has 7 heteroatoms. The van der Waals surface area contributed by atoms with Gasteiger partial charge in [0.25, 0.3) is 10.0 Å². The molecule has 1 heterocycles. The molecule has 6 nitrogen and oxygen atoms in total. The molecule has 0 aliphatic rings. The lowest BCUT2D eigenvalue weighted by molar-refractivity contribution is 0.601. The molecule has 0 bridgehead atoms. The van der Waals surface area contributed by atoms with Gasteiger partial charge >= 0.3 is 0 Å². The minimum Gasteiger partial charge on any atom is -0.320 e. The maximum atomic E-state index is 12.2. The van der Waals surface area contributed by atoms with E-state index in [0.29, 0.717) is 5.56 Å². The summed E-state index contributed by atoms with van der Waals surface area (Å²) in [6, 6.07) is 9.39. The molecular formula is C13H12N4O2S. The number of aromatic nitrogens is 2. The number of benzene rings is 1. The number of hydrogen-bond donors (Lipinski definition) is 2. The van der Waals surface area contributed by atoms with Crippen LogP contribution in [0.4, 0.5) is 5.82 Å². The molecule has 0 unspecified atom stereocenters. The van der Waals surface area contributed by atoms with Crippen LogP contribution in [0.5, 0.6) is 0 Å². The van der Waals surface area contributed by atoms with Crippen molar-refractivity contribution < 1.29 is 8.42 Å². The molecule has 0 aliphatic carbocycles. The van der Waals surface area contributed by atoms with Crippen molar-refractivity contribution >= 4 is 15.8 Å². The van der Waals surface area contributed by atoms with Crippen molar-refractivity contribution in [3.63, 3.8) is 0 Å². The molecular weight excluding hydrogens is 276 g/mol. The van der Waals surface area contributed by atoms with Gasteiger partial charge < -0.3 is 5.73 Å². The molecule has 0 saturated carbocycles. The first-order valence-corrected chi connectivity index (χ1v) is 7.20. The van der Waals surface area contributed by atoms with Crippen LogP contribution in [0.2, 0.25) is 0 Å². The summed E-state index contributed by atoms with van der Waals surface area (Å²) in [5.74, 6) is 5.62. The van der Waals surface area contributed by atoms with Gasteiger partial charge in [-0.1, -0.05) is 17.9 Å². The molecule has 1 aromatic carbocycles. The molecule has 0 fully saturated rings. The molecule has 0 aliphatic heterocycles. The van der Waals surface area contributed by atoms with E-state index in [-0.39, 0.29) is 17.3 Å². The molecule has 1 aromatic heterocycles. The van der Waals surface area contributed by atoms with E-state index in [2.05, 4.69) is 26.8 Å². The van der Waals surface area contributed by atoms with E-state index in [0.717, 1.165) is 0 Å². The monoisotopic (exact) mass is 288 g/mol. The van der Waals surface area contributed by atoms with Crippen molar-refractivity contribution in [2.45, 2.75) is 4.90 Å². The zero-order valence-corrected chi connectivity index (χ0v) is 11.3. The number of nitrogens with two attached hydrogens (primary N) is 1. The van der Waals surface area contributed by atoms with E-state index in [9.17, 15) is 8.42 Å². The van der Waals surface area contributed by atoms with Crippen LogP contribution in [0.1, 0.15) is 5.56 Å². The number of rotatable bonds is 3. The van der Waals surface area contributed by atoms with Crippen LogP contribution in [0.15, 0.2) is 47.5 Å². The van der Waals surface area contributed by atoms with E-state index < -0.39 is 10.0 Å². The highest BCUT2D eigenvalue weighted by atomic mass is 32.2. The topological polar surface area (TPSA) is 98.0 Å². The minimum atomic E-state index is -3.71. The second kappa shape index (κ2) is 6.14. The average Bonchev–Trinajstić information content (AvgIpc) is 2.46. The maximum Gasteiger partial charge on any atom is 0.263 e. The van der Waals surface area contributed by atoms with Crippen LogP contribution in [0.25, 0.3) is 0 Å². The molecule has 102 valence electrons. The van der Waals surface area contributed by atoms with Crippen molar-refractivity contribution in [1.29, 1.82) is 0 Å². The number of hydrogen-bond acceptors (Lipinski definition) is 5. The third-order valence-electron chi connectivity index (χ3n) is 2.29. The van der Waals surface area contributed by atoms with Crippen LogP contribution < -0.4 is 10.5 Å². The van der Waals surface area contributed by atoms with E-state index >= 15 is 0 Å². The fraction of sp³-hybridized carbons (Fsp3) is 0.0769. The van der Waals surface area contributed by atoms with Crippen molar-refractivity contribution in [2.75, 3.05) is 11.3 Å². The Balaban J connectivity index is 2.30. The minimum absolute atomic E-state index is 0.104. The predicted octanol–water partition coefficient (Wildman–Crippen LogP) is 0.588. The summed E-state index contributed by atoms with van der Waals surface area (Å²) in [5.41, 5.74) is 5.86. The highest BCUT2D eigenvalue weighted by molar-refractivity contribution is 7.92. The maximum absolute atomic E-state index is 12.2. The van der Waals surface area contributed by atoms with Gasteiger partial charge in [0.1, 0.15) is 0 Å². The number of nitrogens with one attached hydrogen (secondary N) is 1.